The summed E-state index contributed by atoms with van der Waals surface area (Å²) >= 11 is 0. The molecule has 0 fully saturated rings. The van der Waals surface area contributed by atoms with E-state index in [9.17, 15) is 4.79 Å². The maximum Gasteiger partial charge on any atom is 0.325 e. The number of benzene rings is 1. The summed E-state index contributed by atoms with van der Waals surface area (Å²) in [7, 11) is 0. The zero-order valence-corrected chi connectivity index (χ0v) is 7.05. The van der Waals surface area contributed by atoms with Crippen LogP contribution in [0.15, 0.2) is 30.3 Å². The minimum atomic E-state index is -1.00. The van der Waals surface area contributed by atoms with E-state index in [4.69, 9.17) is 10.8 Å². The highest BCUT2D eigenvalue weighted by atomic mass is 16.4. The van der Waals surface area contributed by atoms with Gasteiger partial charge in [0.05, 0.1) is 0 Å². The number of rotatable bonds is 2. The van der Waals surface area contributed by atoms with Gasteiger partial charge >= 0.3 is 5.97 Å². The second-order valence-corrected chi connectivity index (χ2v) is 2.23. The van der Waals surface area contributed by atoms with E-state index in [1.54, 1.807) is 24.3 Å². The maximum absolute atomic E-state index is 10.4. The summed E-state index contributed by atoms with van der Waals surface area (Å²) in [6.45, 7) is 0. The van der Waals surface area contributed by atoms with Crippen LogP contribution in [0.3, 0.4) is 0 Å². The first-order valence-electron chi connectivity index (χ1n) is 3.58. The zero-order valence-electron chi connectivity index (χ0n) is 7.05. The van der Waals surface area contributed by atoms with Crippen molar-refractivity contribution in [1.29, 1.82) is 0 Å². The normalized spacial score (nSPS) is 11.0. The van der Waals surface area contributed by atoms with Gasteiger partial charge in [-0.3, -0.25) is 16.5 Å². The van der Waals surface area contributed by atoms with Crippen LogP contribution in [-0.2, 0) is 4.79 Å². The van der Waals surface area contributed by atoms with E-state index in [0.717, 1.165) is 0 Å². The first kappa shape index (κ1) is 11.6. The smallest absolute Gasteiger partial charge is 0.325 e. The Morgan fingerprint density at radius 2 is 1.69 bits per heavy atom. The van der Waals surface area contributed by atoms with Crippen LogP contribution < -0.4 is 17.4 Å². The zero-order chi connectivity index (χ0) is 10.3. The number of hydrogen-bond donors (Lipinski definition) is 4. The molecule has 0 aliphatic carbocycles. The summed E-state index contributed by atoms with van der Waals surface area (Å²) in [5.41, 5.74) is 5.96. The molecule has 0 saturated carbocycles. The van der Waals surface area contributed by atoms with Gasteiger partial charge in [-0.05, 0) is 5.56 Å². The molecule has 0 amide bonds. The van der Waals surface area contributed by atoms with Crippen molar-refractivity contribution in [2.45, 2.75) is 6.04 Å². The van der Waals surface area contributed by atoms with E-state index in [0.29, 0.717) is 5.56 Å². The fourth-order valence-corrected chi connectivity index (χ4v) is 0.803. The third kappa shape index (κ3) is 3.66. The molecule has 1 atom stereocenters. The van der Waals surface area contributed by atoms with E-state index < -0.39 is 12.0 Å². The Balaban J connectivity index is 0.000000671. The van der Waals surface area contributed by atoms with Crippen molar-refractivity contribution in [3.63, 3.8) is 0 Å². The van der Waals surface area contributed by atoms with Crippen LogP contribution in [0.1, 0.15) is 11.6 Å². The standard InChI is InChI=1S/C8H9NO2.H4N2/c9-7(8(10)11)6-4-2-1-3-5-6;1-2/h1-5,7H,9H2,(H,10,11);1-2H2. The van der Waals surface area contributed by atoms with Crippen LogP contribution in [0.25, 0.3) is 0 Å². The molecule has 0 spiro atoms. The fourth-order valence-electron chi connectivity index (χ4n) is 0.803. The summed E-state index contributed by atoms with van der Waals surface area (Å²) in [6.07, 6.45) is 0. The van der Waals surface area contributed by atoms with Crippen molar-refractivity contribution in [1.82, 2.24) is 0 Å². The van der Waals surface area contributed by atoms with Crippen molar-refractivity contribution >= 4 is 5.97 Å². The van der Waals surface area contributed by atoms with E-state index in [2.05, 4.69) is 11.7 Å². The summed E-state index contributed by atoms with van der Waals surface area (Å²) in [5.74, 6) is 7.00. The lowest BCUT2D eigenvalue weighted by atomic mass is 10.1. The average Bonchev–Trinajstić information content (AvgIpc) is 2.21. The van der Waals surface area contributed by atoms with E-state index >= 15 is 0 Å². The Morgan fingerprint density at radius 3 is 2.08 bits per heavy atom. The van der Waals surface area contributed by atoms with Crippen LogP contribution in [0, 0.1) is 0 Å². The quantitative estimate of drug-likeness (QED) is 0.367. The van der Waals surface area contributed by atoms with Crippen LogP contribution in [-0.4, -0.2) is 11.1 Å². The van der Waals surface area contributed by atoms with E-state index in [-0.39, 0.29) is 0 Å². The number of carboxylic acids is 1. The molecule has 72 valence electrons. The molecule has 0 aromatic heterocycles. The molecule has 1 aromatic carbocycles. The molecule has 0 bridgehead atoms. The lowest BCUT2D eigenvalue weighted by molar-refractivity contribution is -0.138. The Kier molecular flexibility index (Phi) is 5.45. The van der Waals surface area contributed by atoms with Gasteiger partial charge in [-0.25, -0.2) is 0 Å². The van der Waals surface area contributed by atoms with Crippen LogP contribution in [0.5, 0.6) is 0 Å². The second-order valence-electron chi connectivity index (χ2n) is 2.23. The monoisotopic (exact) mass is 183 g/mol. The molecule has 0 aliphatic rings. The summed E-state index contributed by atoms with van der Waals surface area (Å²) in [6, 6.07) is 7.82. The third-order valence-corrected chi connectivity index (χ3v) is 1.42. The Labute approximate surface area is 76.1 Å². The predicted molar refractivity (Wildman–Crippen MR) is 49.4 cm³/mol. The highest BCUT2D eigenvalue weighted by Crippen LogP contribution is 2.08. The molecule has 0 saturated heterocycles. The molecule has 5 heteroatoms. The topological polar surface area (TPSA) is 115 Å². The SMILES string of the molecule is NC(C(=O)O)c1ccccc1.NN. The number of hydrazine groups is 1. The van der Waals surface area contributed by atoms with Crippen molar-refractivity contribution in [3.05, 3.63) is 35.9 Å². The van der Waals surface area contributed by atoms with Gasteiger partial charge in [0, 0.05) is 0 Å². The molecule has 13 heavy (non-hydrogen) atoms. The first-order chi connectivity index (χ1) is 6.22. The van der Waals surface area contributed by atoms with Crippen molar-refractivity contribution < 1.29 is 9.90 Å². The molecule has 1 rings (SSSR count). The number of carboxylic acid groups (broad SMARTS) is 1. The lowest BCUT2D eigenvalue weighted by Crippen LogP contribution is -2.20. The Hall–Kier alpha value is -1.43. The Bertz CT molecular complexity index is 251. The molecule has 1 aromatic rings. The minimum absolute atomic E-state index is 0.625. The number of hydrogen-bond acceptors (Lipinski definition) is 4. The van der Waals surface area contributed by atoms with Gasteiger partial charge in [-0.2, -0.15) is 0 Å². The van der Waals surface area contributed by atoms with Gasteiger partial charge in [0.25, 0.3) is 0 Å². The summed E-state index contributed by atoms with van der Waals surface area (Å²) in [5, 5.41) is 8.51. The van der Waals surface area contributed by atoms with Gasteiger partial charge in [0.1, 0.15) is 6.04 Å². The fraction of sp³-hybridized carbons (Fsp3) is 0.125. The second kappa shape index (κ2) is 6.13. The third-order valence-electron chi connectivity index (χ3n) is 1.42. The summed E-state index contributed by atoms with van der Waals surface area (Å²) < 4.78 is 0. The largest absolute Gasteiger partial charge is 0.480 e. The molecule has 7 N–H and O–H groups in total. The molecule has 0 heterocycles. The molecule has 0 radical (unpaired) electrons. The first-order valence-corrected chi connectivity index (χ1v) is 3.58. The van der Waals surface area contributed by atoms with Crippen LogP contribution in [0.2, 0.25) is 0 Å². The van der Waals surface area contributed by atoms with E-state index in [1.807, 2.05) is 6.07 Å². The molecule has 1 unspecified atom stereocenters. The average molecular weight is 183 g/mol. The lowest BCUT2D eigenvalue weighted by Gasteiger charge is -2.04. The van der Waals surface area contributed by atoms with Crippen molar-refractivity contribution in [3.8, 4) is 0 Å². The van der Waals surface area contributed by atoms with E-state index in [1.165, 1.54) is 0 Å². The number of aliphatic carboxylic acids is 1. The molecular formula is C8H13N3O2. The van der Waals surface area contributed by atoms with Gasteiger partial charge < -0.3 is 10.8 Å². The van der Waals surface area contributed by atoms with Crippen molar-refractivity contribution in [2.24, 2.45) is 17.4 Å². The number of carbonyl (C=O) groups is 1. The maximum atomic E-state index is 10.4. The van der Waals surface area contributed by atoms with Crippen LogP contribution in [0.4, 0.5) is 0 Å². The highest BCUT2D eigenvalue weighted by molar-refractivity contribution is 5.75. The molecule has 5 nitrogen and oxygen atoms in total. The van der Waals surface area contributed by atoms with Gasteiger partial charge in [-0.1, -0.05) is 30.3 Å². The summed E-state index contributed by atoms with van der Waals surface area (Å²) in [4.78, 5) is 10.4. The Morgan fingerprint density at radius 1 is 1.23 bits per heavy atom. The highest BCUT2D eigenvalue weighted by Gasteiger charge is 2.12. The van der Waals surface area contributed by atoms with Crippen LogP contribution >= 0.6 is 0 Å². The minimum Gasteiger partial charge on any atom is -0.480 e. The van der Waals surface area contributed by atoms with Gasteiger partial charge in [-0.15, -0.1) is 0 Å². The van der Waals surface area contributed by atoms with Gasteiger partial charge in [0.15, 0.2) is 0 Å². The molecular weight excluding hydrogens is 170 g/mol. The number of nitrogens with two attached hydrogens (primary N) is 3. The van der Waals surface area contributed by atoms with Gasteiger partial charge in [0.2, 0.25) is 0 Å². The predicted octanol–water partition coefficient (Wildman–Crippen LogP) is -0.410. The molecule has 0 aliphatic heterocycles. The van der Waals surface area contributed by atoms with Crippen molar-refractivity contribution in [2.75, 3.05) is 0 Å².